The third-order valence-electron chi connectivity index (χ3n) is 2.69. The molecule has 0 unspecified atom stereocenters. The fourth-order valence-corrected chi connectivity index (χ4v) is 1.94. The molecule has 1 aliphatic carbocycles. The number of hydrogen-bond donors (Lipinski definition) is 0. The molecule has 0 bridgehead atoms. The van der Waals surface area contributed by atoms with Crippen LogP contribution in [-0.4, -0.2) is 5.78 Å². The van der Waals surface area contributed by atoms with Crippen LogP contribution in [0.1, 0.15) is 34.3 Å². The third-order valence-corrected chi connectivity index (χ3v) is 2.69. The maximum absolute atomic E-state index is 13.3. The molecule has 0 atom stereocenters. The maximum Gasteiger partial charge on any atom is 0.163 e. The van der Waals surface area contributed by atoms with Crippen LogP contribution in [0.3, 0.4) is 0 Å². The first-order chi connectivity index (χ1) is 6.61. The molecule has 0 fully saturated rings. The number of ketones is 1. The van der Waals surface area contributed by atoms with Gasteiger partial charge in [0.1, 0.15) is 11.6 Å². The van der Waals surface area contributed by atoms with Gasteiger partial charge in [0.05, 0.1) is 0 Å². The molecule has 74 valence electrons. The summed E-state index contributed by atoms with van der Waals surface area (Å²) in [4.78, 5) is 11.5. The predicted molar refractivity (Wildman–Crippen MR) is 48.4 cm³/mol. The smallest absolute Gasteiger partial charge is 0.163 e. The van der Waals surface area contributed by atoms with E-state index in [1.165, 1.54) is 6.92 Å². The summed E-state index contributed by atoms with van der Waals surface area (Å²) in [5.41, 5.74) is 0.944. The highest BCUT2D eigenvalue weighted by Gasteiger charge is 2.24. The highest BCUT2D eigenvalue weighted by atomic mass is 19.1. The van der Waals surface area contributed by atoms with Crippen molar-refractivity contribution < 1.29 is 13.6 Å². The summed E-state index contributed by atoms with van der Waals surface area (Å²) in [6, 6.07) is 0.868. The summed E-state index contributed by atoms with van der Waals surface area (Å²) in [5.74, 6) is -1.35. The van der Waals surface area contributed by atoms with Crippen LogP contribution in [0, 0.1) is 18.6 Å². The number of halogens is 2. The molecule has 2 rings (SSSR count). The zero-order valence-corrected chi connectivity index (χ0v) is 7.86. The molecule has 0 spiro atoms. The Balaban J connectivity index is 2.73. The lowest BCUT2D eigenvalue weighted by Crippen LogP contribution is -2.15. The molecule has 1 aliphatic rings. The minimum Gasteiger partial charge on any atom is -0.294 e. The maximum atomic E-state index is 13.3. The molecule has 1 aromatic rings. The van der Waals surface area contributed by atoms with Gasteiger partial charge in [0.2, 0.25) is 0 Å². The van der Waals surface area contributed by atoms with E-state index >= 15 is 0 Å². The molecule has 3 heteroatoms. The number of carbonyl (C=O) groups is 1. The molecule has 14 heavy (non-hydrogen) atoms. The Morgan fingerprint density at radius 2 is 1.93 bits per heavy atom. The third kappa shape index (κ3) is 1.24. The minimum absolute atomic E-state index is 0.137. The van der Waals surface area contributed by atoms with Crippen molar-refractivity contribution in [2.24, 2.45) is 0 Å². The van der Waals surface area contributed by atoms with Crippen molar-refractivity contribution in [2.45, 2.75) is 26.2 Å². The standard InChI is InChI=1S/C11H10F2O/c1-6-8(12)5-9(13)7-3-2-4-10(14)11(6)7/h5H,2-4H2,1H3. The lowest BCUT2D eigenvalue weighted by Gasteiger charge is -2.17. The van der Waals surface area contributed by atoms with Gasteiger partial charge >= 0.3 is 0 Å². The number of hydrogen-bond acceptors (Lipinski definition) is 1. The summed E-state index contributed by atoms with van der Waals surface area (Å²) in [7, 11) is 0. The molecule has 1 aromatic carbocycles. The van der Waals surface area contributed by atoms with Crippen LogP contribution in [0.5, 0.6) is 0 Å². The van der Waals surface area contributed by atoms with Crippen molar-refractivity contribution in [3.8, 4) is 0 Å². The van der Waals surface area contributed by atoms with Crippen LogP contribution >= 0.6 is 0 Å². The van der Waals surface area contributed by atoms with Gasteiger partial charge in [-0.3, -0.25) is 4.79 Å². The van der Waals surface area contributed by atoms with Crippen LogP contribution in [0.15, 0.2) is 6.07 Å². The molecular formula is C11H10F2O. The van der Waals surface area contributed by atoms with Gasteiger partial charge in [0, 0.05) is 18.1 Å². The molecular weight excluding hydrogens is 186 g/mol. The molecule has 0 aromatic heterocycles. The average molecular weight is 196 g/mol. The predicted octanol–water partition coefficient (Wildman–Crippen LogP) is 2.79. The van der Waals surface area contributed by atoms with E-state index < -0.39 is 11.6 Å². The summed E-state index contributed by atoms with van der Waals surface area (Å²) < 4.78 is 26.4. The van der Waals surface area contributed by atoms with Crippen molar-refractivity contribution in [1.29, 1.82) is 0 Å². The number of fused-ring (bicyclic) bond motifs is 1. The lowest BCUT2D eigenvalue weighted by molar-refractivity contribution is 0.0970. The normalized spacial score (nSPS) is 15.5. The van der Waals surface area contributed by atoms with Gasteiger partial charge in [-0.1, -0.05) is 0 Å². The van der Waals surface area contributed by atoms with E-state index in [4.69, 9.17) is 0 Å². The van der Waals surface area contributed by atoms with Gasteiger partial charge in [-0.15, -0.1) is 0 Å². The zero-order chi connectivity index (χ0) is 10.3. The van der Waals surface area contributed by atoms with Crippen LogP contribution < -0.4 is 0 Å². The van der Waals surface area contributed by atoms with Crippen LogP contribution in [0.4, 0.5) is 8.78 Å². The summed E-state index contributed by atoms with van der Waals surface area (Å²) in [5, 5.41) is 0. The molecule has 0 saturated heterocycles. The number of benzene rings is 1. The quantitative estimate of drug-likeness (QED) is 0.623. The second-order valence-corrected chi connectivity index (χ2v) is 3.60. The first kappa shape index (κ1) is 9.31. The van der Waals surface area contributed by atoms with Gasteiger partial charge in [0.15, 0.2) is 5.78 Å². The molecule has 0 aliphatic heterocycles. The van der Waals surface area contributed by atoms with E-state index in [9.17, 15) is 13.6 Å². The van der Waals surface area contributed by atoms with Crippen molar-refractivity contribution in [3.63, 3.8) is 0 Å². The number of Topliss-reactive ketones (excluding diaryl/α,β-unsaturated/α-hetero) is 1. The zero-order valence-electron chi connectivity index (χ0n) is 7.86. The largest absolute Gasteiger partial charge is 0.294 e. The van der Waals surface area contributed by atoms with E-state index in [1.54, 1.807) is 0 Å². The lowest BCUT2D eigenvalue weighted by atomic mass is 9.87. The fourth-order valence-electron chi connectivity index (χ4n) is 1.94. The summed E-state index contributed by atoms with van der Waals surface area (Å²) >= 11 is 0. The first-order valence-corrected chi connectivity index (χ1v) is 4.62. The van der Waals surface area contributed by atoms with E-state index in [1.807, 2.05) is 0 Å². The molecule has 0 saturated carbocycles. The van der Waals surface area contributed by atoms with Crippen LogP contribution in [0.25, 0.3) is 0 Å². The fraction of sp³-hybridized carbons (Fsp3) is 0.364. The Bertz CT molecular complexity index is 410. The Labute approximate surface area is 80.7 Å². The summed E-state index contributed by atoms with van der Waals surface area (Å²) in [6.45, 7) is 1.52. The highest BCUT2D eigenvalue weighted by molar-refractivity contribution is 5.99. The van der Waals surface area contributed by atoms with Gasteiger partial charge in [-0.25, -0.2) is 8.78 Å². The summed E-state index contributed by atoms with van der Waals surface area (Å²) in [6.07, 6.45) is 1.60. The van der Waals surface area contributed by atoms with E-state index in [0.717, 1.165) is 6.07 Å². The van der Waals surface area contributed by atoms with Gasteiger partial charge in [0.25, 0.3) is 0 Å². The van der Waals surface area contributed by atoms with E-state index in [2.05, 4.69) is 0 Å². The second kappa shape index (κ2) is 3.15. The Kier molecular flexibility index (Phi) is 2.10. The monoisotopic (exact) mass is 196 g/mol. The van der Waals surface area contributed by atoms with Gasteiger partial charge < -0.3 is 0 Å². The van der Waals surface area contributed by atoms with Crippen molar-refractivity contribution >= 4 is 5.78 Å². The molecule has 0 amide bonds. The SMILES string of the molecule is Cc1c(F)cc(F)c2c1C(=O)CCC2. The highest BCUT2D eigenvalue weighted by Crippen LogP contribution is 2.28. The van der Waals surface area contributed by atoms with Crippen molar-refractivity contribution in [1.82, 2.24) is 0 Å². The van der Waals surface area contributed by atoms with Crippen molar-refractivity contribution in [3.05, 3.63) is 34.4 Å². The minimum atomic E-state index is -0.628. The number of carbonyl (C=O) groups excluding carboxylic acids is 1. The second-order valence-electron chi connectivity index (χ2n) is 3.60. The van der Waals surface area contributed by atoms with E-state index in [0.29, 0.717) is 24.8 Å². The van der Waals surface area contributed by atoms with E-state index in [-0.39, 0.29) is 16.9 Å². The van der Waals surface area contributed by atoms with Gasteiger partial charge in [-0.05, 0) is 30.9 Å². The Hall–Kier alpha value is -1.25. The Morgan fingerprint density at radius 3 is 2.64 bits per heavy atom. The van der Waals surface area contributed by atoms with Gasteiger partial charge in [-0.2, -0.15) is 0 Å². The van der Waals surface area contributed by atoms with Crippen LogP contribution in [0.2, 0.25) is 0 Å². The first-order valence-electron chi connectivity index (χ1n) is 4.62. The number of rotatable bonds is 0. The molecule has 0 radical (unpaired) electrons. The molecule has 0 N–H and O–H groups in total. The van der Waals surface area contributed by atoms with Crippen molar-refractivity contribution in [2.75, 3.05) is 0 Å². The van der Waals surface area contributed by atoms with Crippen LogP contribution in [-0.2, 0) is 6.42 Å². The average Bonchev–Trinajstić information content (AvgIpc) is 2.14. The molecule has 0 heterocycles. The topological polar surface area (TPSA) is 17.1 Å². The molecule has 1 nitrogen and oxygen atoms in total. The Morgan fingerprint density at radius 1 is 1.21 bits per heavy atom.